The highest BCUT2D eigenvalue weighted by Gasteiger charge is 2.24. The lowest BCUT2D eigenvalue weighted by Gasteiger charge is -2.21. The van der Waals surface area contributed by atoms with Gasteiger partial charge in [-0.2, -0.15) is 15.3 Å². The molecule has 0 spiro atoms. The fourth-order valence-electron chi connectivity index (χ4n) is 2.58. The van der Waals surface area contributed by atoms with E-state index in [9.17, 15) is 0 Å². The third-order valence-electron chi connectivity index (χ3n) is 3.60. The Morgan fingerprint density at radius 2 is 2.10 bits per heavy atom. The van der Waals surface area contributed by atoms with E-state index in [1.165, 1.54) is 0 Å². The predicted molar refractivity (Wildman–Crippen MR) is 81.5 cm³/mol. The predicted octanol–water partition coefficient (Wildman–Crippen LogP) is 1.88. The Morgan fingerprint density at radius 1 is 1.33 bits per heavy atom. The monoisotopic (exact) mass is 289 g/mol. The van der Waals surface area contributed by atoms with Crippen LogP contribution in [0.3, 0.4) is 0 Å². The van der Waals surface area contributed by atoms with Gasteiger partial charge >= 0.3 is 0 Å². The van der Waals surface area contributed by atoms with Crippen LogP contribution in [0.4, 0.5) is 0 Å². The zero-order chi connectivity index (χ0) is 15.4. The van der Waals surface area contributed by atoms with Gasteiger partial charge in [0, 0.05) is 12.1 Å². The molecule has 2 heterocycles. The van der Waals surface area contributed by atoms with Crippen LogP contribution in [-0.4, -0.2) is 34.1 Å². The van der Waals surface area contributed by atoms with Crippen molar-refractivity contribution in [3.8, 4) is 5.75 Å². The SMILES string of the molecule is CCc1nnc(C)cc1C(NC)c1c(OC)cnn1CC. The Morgan fingerprint density at radius 3 is 2.67 bits per heavy atom. The number of ether oxygens (including phenoxy) is 1. The molecule has 1 atom stereocenters. The Bertz CT molecular complexity index is 587. The quantitative estimate of drug-likeness (QED) is 0.879. The zero-order valence-corrected chi connectivity index (χ0v) is 13.3. The minimum absolute atomic E-state index is 0.0217. The average molecular weight is 289 g/mol. The van der Waals surface area contributed by atoms with Gasteiger partial charge in [0.2, 0.25) is 0 Å². The van der Waals surface area contributed by atoms with Crippen molar-refractivity contribution in [1.29, 1.82) is 0 Å². The van der Waals surface area contributed by atoms with Gasteiger partial charge in [-0.15, -0.1) is 0 Å². The highest BCUT2D eigenvalue weighted by molar-refractivity contribution is 5.38. The van der Waals surface area contributed by atoms with Gasteiger partial charge in [0.25, 0.3) is 0 Å². The molecule has 0 aromatic carbocycles. The summed E-state index contributed by atoms with van der Waals surface area (Å²) in [6, 6.07) is 2.06. The van der Waals surface area contributed by atoms with Crippen molar-refractivity contribution in [2.75, 3.05) is 14.2 Å². The molecule has 0 saturated heterocycles. The summed E-state index contributed by atoms with van der Waals surface area (Å²) in [5, 5.41) is 16.2. The molecule has 1 N–H and O–H groups in total. The lowest BCUT2D eigenvalue weighted by Crippen LogP contribution is -2.24. The molecule has 114 valence electrons. The third kappa shape index (κ3) is 2.90. The molecular formula is C15H23N5O. The van der Waals surface area contributed by atoms with Crippen LogP contribution in [0.15, 0.2) is 12.3 Å². The van der Waals surface area contributed by atoms with Gasteiger partial charge in [-0.25, -0.2) is 0 Å². The van der Waals surface area contributed by atoms with Crippen LogP contribution in [0.5, 0.6) is 5.75 Å². The van der Waals surface area contributed by atoms with E-state index < -0.39 is 0 Å². The van der Waals surface area contributed by atoms with Crippen LogP contribution >= 0.6 is 0 Å². The van der Waals surface area contributed by atoms with E-state index >= 15 is 0 Å². The number of rotatable bonds is 6. The summed E-state index contributed by atoms with van der Waals surface area (Å²) < 4.78 is 7.43. The Balaban J connectivity index is 2.59. The minimum Gasteiger partial charge on any atom is -0.493 e. The van der Waals surface area contributed by atoms with Gasteiger partial charge in [0.1, 0.15) is 5.69 Å². The second kappa shape index (κ2) is 6.67. The van der Waals surface area contributed by atoms with Crippen molar-refractivity contribution in [3.63, 3.8) is 0 Å². The second-order valence-electron chi connectivity index (χ2n) is 4.88. The third-order valence-corrected chi connectivity index (χ3v) is 3.60. The van der Waals surface area contributed by atoms with Crippen molar-refractivity contribution in [1.82, 2.24) is 25.3 Å². The fourth-order valence-corrected chi connectivity index (χ4v) is 2.58. The first-order valence-corrected chi connectivity index (χ1v) is 7.26. The highest BCUT2D eigenvalue weighted by atomic mass is 16.5. The molecule has 6 heteroatoms. The summed E-state index contributed by atoms with van der Waals surface area (Å²) >= 11 is 0. The van der Waals surface area contributed by atoms with E-state index in [2.05, 4.69) is 40.5 Å². The summed E-state index contributed by atoms with van der Waals surface area (Å²) in [4.78, 5) is 0. The summed E-state index contributed by atoms with van der Waals surface area (Å²) in [6.07, 6.45) is 2.60. The van der Waals surface area contributed by atoms with Crippen molar-refractivity contribution in [2.24, 2.45) is 0 Å². The standard InChI is InChI=1S/C15H23N5O/c1-6-12-11(8-10(3)18-19-12)14(16-4)15-13(21-5)9-17-20(15)7-2/h8-9,14,16H,6-7H2,1-5H3. The molecule has 0 saturated carbocycles. The number of aryl methyl sites for hydroxylation is 3. The lowest BCUT2D eigenvalue weighted by molar-refractivity contribution is 0.400. The second-order valence-corrected chi connectivity index (χ2v) is 4.88. The molecule has 0 aliphatic carbocycles. The summed E-state index contributed by atoms with van der Waals surface area (Å²) in [5.41, 5.74) is 4.04. The zero-order valence-electron chi connectivity index (χ0n) is 13.3. The van der Waals surface area contributed by atoms with Crippen molar-refractivity contribution in [2.45, 2.75) is 39.8 Å². The summed E-state index contributed by atoms with van der Waals surface area (Å²) in [7, 11) is 3.61. The fraction of sp³-hybridized carbons (Fsp3) is 0.533. The molecule has 2 aromatic heterocycles. The minimum atomic E-state index is -0.0217. The van der Waals surface area contributed by atoms with Gasteiger partial charge < -0.3 is 10.1 Å². The molecule has 6 nitrogen and oxygen atoms in total. The van der Waals surface area contributed by atoms with Gasteiger partial charge in [0.15, 0.2) is 5.75 Å². The molecule has 2 aromatic rings. The molecule has 1 unspecified atom stereocenters. The summed E-state index contributed by atoms with van der Waals surface area (Å²) in [5.74, 6) is 0.785. The molecule has 2 rings (SSSR count). The van der Waals surface area contributed by atoms with Crippen molar-refractivity contribution < 1.29 is 4.74 Å². The van der Waals surface area contributed by atoms with Crippen molar-refractivity contribution >= 4 is 0 Å². The number of aromatic nitrogens is 4. The summed E-state index contributed by atoms with van der Waals surface area (Å²) in [6.45, 7) is 6.90. The molecule has 0 aliphatic heterocycles. The number of hydrogen-bond donors (Lipinski definition) is 1. The van der Waals surface area contributed by atoms with E-state index in [1.54, 1.807) is 13.3 Å². The Labute approximate surface area is 125 Å². The molecule has 0 fully saturated rings. The van der Waals surface area contributed by atoms with Gasteiger partial charge in [0.05, 0.1) is 30.7 Å². The molecule has 0 bridgehead atoms. The topological polar surface area (TPSA) is 64.9 Å². The molecule has 0 radical (unpaired) electrons. The maximum Gasteiger partial charge on any atom is 0.161 e. The first kappa shape index (κ1) is 15.4. The van der Waals surface area contributed by atoms with E-state index in [-0.39, 0.29) is 6.04 Å². The van der Waals surface area contributed by atoms with Crippen LogP contribution < -0.4 is 10.1 Å². The Hall–Kier alpha value is -1.95. The maximum absolute atomic E-state index is 5.48. The maximum atomic E-state index is 5.48. The molecular weight excluding hydrogens is 266 g/mol. The van der Waals surface area contributed by atoms with Gasteiger partial charge in [-0.05, 0) is 33.4 Å². The number of methoxy groups -OCH3 is 1. The number of nitrogens with zero attached hydrogens (tertiary/aromatic N) is 4. The number of hydrogen-bond acceptors (Lipinski definition) is 5. The van der Waals surface area contributed by atoms with Gasteiger partial charge in [-0.1, -0.05) is 6.92 Å². The highest BCUT2D eigenvalue weighted by Crippen LogP contribution is 2.31. The van der Waals surface area contributed by atoms with Crippen LogP contribution in [0.2, 0.25) is 0 Å². The average Bonchev–Trinajstić information content (AvgIpc) is 2.91. The van der Waals surface area contributed by atoms with E-state index in [4.69, 9.17) is 4.74 Å². The molecule has 21 heavy (non-hydrogen) atoms. The number of nitrogens with one attached hydrogen (secondary N) is 1. The van der Waals surface area contributed by atoms with Crippen LogP contribution in [0.25, 0.3) is 0 Å². The smallest absolute Gasteiger partial charge is 0.161 e. The first-order valence-electron chi connectivity index (χ1n) is 7.26. The van der Waals surface area contributed by atoms with E-state index in [1.807, 2.05) is 18.7 Å². The normalized spacial score (nSPS) is 12.4. The van der Waals surface area contributed by atoms with Crippen LogP contribution in [-0.2, 0) is 13.0 Å². The molecule has 0 aliphatic rings. The van der Waals surface area contributed by atoms with Gasteiger partial charge in [-0.3, -0.25) is 4.68 Å². The van der Waals surface area contributed by atoms with Crippen LogP contribution in [0.1, 0.15) is 42.5 Å². The first-order chi connectivity index (χ1) is 10.2. The Kier molecular flexibility index (Phi) is 4.90. The van der Waals surface area contributed by atoms with Crippen molar-refractivity contribution in [3.05, 3.63) is 34.9 Å². The largest absolute Gasteiger partial charge is 0.493 e. The lowest BCUT2D eigenvalue weighted by atomic mass is 10.00. The van der Waals surface area contributed by atoms with E-state index in [0.717, 1.165) is 41.4 Å². The molecule has 0 amide bonds. The van der Waals surface area contributed by atoms with E-state index in [0.29, 0.717) is 0 Å². The van der Waals surface area contributed by atoms with Crippen LogP contribution in [0, 0.1) is 6.92 Å².